The fourth-order valence-corrected chi connectivity index (χ4v) is 0.537. The first kappa shape index (κ1) is 18.0. The Balaban J connectivity index is 0. The normalized spacial score (nSPS) is 9.80. The Bertz CT molecular complexity index is 208. The van der Waals surface area contributed by atoms with Crippen LogP contribution in [-0.2, 0) is 4.74 Å². The topological polar surface area (TPSA) is 33.1 Å². The molecule has 0 amide bonds. The van der Waals surface area contributed by atoms with Gasteiger partial charge in [0.1, 0.15) is 6.61 Å². The van der Waals surface area contributed by atoms with Crippen molar-refractivity contribution in [1.82, 2.24) is 0 Å². The third-order valence-corrected chi connectivity index (χ3v) is 1.49. The Morgan fingerprint density at radius 1 is 1.27 bits per heavy atom. The molecule has 0 bridgehead atoms. The molecule has 0 heterocycles. The highest BCUT2D eigenvalue weighted by Crippen LogP contribution is 2.27. The lowest BCUT2D eigenvalue weighted by Gasteiger charge is -2.11. The highest BCUT2D eigenvalue weighted by atomic mass is 35.6. The Morgan fingerprint density at radius 2 is 1.67 bits per heavy atom. The molecule has 0 saturated carbocycles. The molecule has 0 fully saturated rings. The summed E-state index contributed by atoms with van der Waals surface area (Å²) >= 11 is 25.6. The number of hydrogen-bond donors (Lipinski definition) is 1. The van der Waals surface area contributed by atoms with Crippen LogP contribution in [0.5, 0.6) is 0 Å². The first-order valence-electron chi connectivity index (χ1n) is 3.79. The van der Waals surface area contributed by atoms with E-state index >= 15 is 0 Å². The minimum atomic E-state index is -1.75. The second-order valence-electron chi connectivity index (χ2n) is 2.52. The lowest BCUT2D eigenvalue weighted by Crippen LogP contribution is -2.21. The summed E-state index contributed by atoms with van der Waals surface area (Å²) in [6, 6.07) is 0. The molecule has 0 aromatic carbocycles. The summed E-state index contributed by atoms with van der Waals surface area (Å²) in [4.78, 5) is 0. The zero-order chi connectivity index (χ0) is 12.5. The van der Waals surface area contributed by atoms with Gasteiger partial charge in [0.25, 0.3) is 3.79 Å². The van der Waals surface area contributed by atoms with Crippen molar-refractivity contribution in [1.29, 1.82) is 5.41 Å². The zero-order valence-electron chi connectivity index (χ0n) is 8.29. The monoisotopic (exact) mass is 313 g/mol. The first-order valence-corrected chi connectivity index (χ1v) is 5.99. The third-order valence-electron chi connectivity index (χ3n) is 0.977. The Kier molecular flexibility index (Phi) is 11.9. The van der Waals surface area contributed by atoms with E-state index in [1.807, 2.05) is 13.8 Å². The number of ether oxygens (including phenoxy) is 1. The van der Waals surface area contributed by atoms with Crippen LogP contribution in [-0.4, -0.2) is 21.6 Å². The Labute approximate surface area is 115 Å². The van der Waals surface area contributed by atoms with Gasteiger partial charge in [-0.05, 0) is 19.9 Å². The van der Waals surface area contributed by atoms with Crippen molar-refractivity contribution in [3.05, 3.63) is 11.6 Å². The van der Waals surface area contributed by atoms with Crippen LogP contribution >= 0.6 is 58.0 Å². The minimum absolute atomic E-state index is 0.194. The molecule has 0 aromatic rings. The van der Waals surface area contributed by atoms with Gasteiger partial charge in [0, 0.05) is 0 Å². The maximum Gasteiger partial charge on any atom is 0.265 e. The van der Waals surface area contributed by atoms with E-state index in [9.17, 15) is 0 Å². The van der Waals surface area contributed by atoms with Gasteiger partial charge in [-0.1, -0.05) is 40.4 Å². The third kappa shape index (κ3) is 14.7. The van der Waals surface area contributed by atoms with Gasteiger partial charge in [-0.25, -0.2) is 0 Å². The predicted molar refractivity (Wildman–Crippen MR) is 70.0 cm³/mol. The fraction of sp³-hybridized carbons (Fsp3) is 0.625. The molecule has 0 aliphatic carbocycles. The van der Waals surface area contributed by atoms with E-state index in [0.717, 1.165) is 5.57 Å². The molecule has 0 unspecified atom stereocenters. The molecule has 0 rings (SSSR count). The van der Waals surface area contributed by atoms with E-state index < -0.39 is 3.79 Å². The molecule has 0 aromatic heterocycles. The first-order chi connectivity index (χ1) is 6.75. The predicted octanol–water partition coefficient (Wildman–Crippen LogP) is 4.74. The summed E-state index contributed by atoms with van der Waals surface area (Å²) in [6.45, 7) is 4.10. The number of rotatable bonds is 2. The lowest BCUT2D eigenvalue weighted by molar-refractivity contribution is 0.339. The molecule has 2 nitrogen and oxygen atoms in total. The fourth-order valence-electron chi connectivity index (χ4n) is 0.373. The number of alkyl halides is 5. The zero-order valence-corrected chi connectivity index (χ0v) is 12.1. The van der Waals surface area contributed by atoms with Crippen LogP contribution in [0.1, 0.15) is 13.8 Å². The van der Waals surface area contributed by atoms with Crippen LogP contribution in [0.2, 0.25) is 0 Å². The van der Waals surface area contributed by atoms with Crippen molar-refractivity contribution in [3.8, 4) is 0 Å². The van der Waals surface area contributed by atoms with E-state index in [2.05, 4.69) is 0 Å². The summed E-state index contributed by atoms with van der Waals surface area (Å²) in [5.74, 6) is -0.356. The smallest absolute Gasteiger partial charge is 0.265 e. The quantitative estimate of drug-likeness (QED) is 0.339. The second kappa shape index (κ2) is 9.86. The second-order valence-corrected chi connectivity index (χ2v) is 5.61. The molecule has 0 aliphatic rings. The average Bonchev–Trinajstić information content (AvgIpc) is 2.02. The van der Waals surface area contributed by atoms with Crippen molar-refractivity contribution < 1.29 is 4.74 Å². The molecule has 0 atom stereocenters. The molecule has 90 valence electrons. The molecule has 1 N–H and O–H groups in total. The van der Waals surface area contributed by atoms with Gasteiger partial charge in [0.2, 0.25) is 5.90 Å². The molecule has 0 spiro atoms. The van der Waals surface area contributed by atoms with Gasteiger partial charge in [-0.2, -0.15) is 0 Å². The summed E-state index contributed by atoms with van der Waals surface area (Å²) in [5.41, 5.74) is 1.09. The number of allylic oxidation sites excluding steroid dienone is 1. The Hall–Kier alpha value is 0.660. The average molecular weight is 315 g/mol. The van der Waals surface area contributed by atoms with Gasteiger partial charge >= 0.3 is 0 Å². The van der Waals surface area contributed by atoms with Gasteiger partial charge in [0.15, 0.2) is 0 Å². The summed E-state index contributed by atoms with van der Waals surface area (Å²) in [7, 11) is 0. The minimum Gasteiger partial charge on any atom is -0.474 e. The van der Waals surface area contributed by atoms with Crippen LogP contribution < -0.4 is 0 Å². The van der Waals surface area contributed by atoms with E-state index in [4.69, 9.17) is 68.2 Å². The van der Waals surface area contributed by atoms with Gasteiger partial charge in [-0.3, -0.25) is 5.41 Å². The van der Waals surface area contributed by atoms with Crippen molar-refractivity contribution in [2.45, 2.75) is 17.6 Å². The van der Waals surface area contributed by atoms with Crippen LogP contribution in [0.25, 0.3) is 0 Å². The van der Waals surface area contributed by atoms with Gasteiger partial charge in [0.05, 0.1) is 5.34 Å². The SMILES string of the molecule is CC(C)=CCOC(=N)C(Cl)(Cl)Cl.ClCCl. The summed E-state index contributed by atoms with van der Waals surface area (Å²) < 4.78 is 3.07. The summed E-state index contributed by atoms with van der Waals surface area (Å²) in [5, 5.41) is 7.33. The summed E-state index contributed by atoms with van der Waals surface area (Å²) in [6.07, 6.45) is 1.80. The molecule has 0 radical (unpaired) electrons. The van der Waals surface area contributed by atoms with Crippen molar-refractivity contribution in [2.75, 3.05) is 11.9 Å². The van der Waals surface area contributed by atoms with E-state index in [1.165, 1.54) is 0 Å². The van der Waals surface area contributed by atoms with Gasteiger partial charge in [-0.15, -0.1) is 23.2 Å². The highest BCUT2D eigenvalue weighted by Gasteiger charge is 2.28. The maximum absolute atomic E-state index is 7.14. The van der Waals surface area contributed by atoms with E-state index in [-0.39, 0.29) is 17.8 Å². The molecule has 15 heavy (non-hydrogen) atoms. The number of hydrogen-bond acceptors (Lipinski definition) is 2. The van der Waals surface area contributed by atoms with E-state index in [0.29, 0.717) is 0 Å². The van der Waals surface area contributed by atoms with Crippen molar-refractivity contribution >= 4 is 63.9 Å². The Morgan fingerprint density at radius 3 is 1.93 bits per heavy atom. The molecule has 0 aliphatic heterocycles. The van der Waals surface area contributed by atoms with Gasteiger partial charge < -0.3 is 4.74 Å². The lowest BCUT2D eigenvalue weighted by atomic mass is 10.3. The highest BCUT2D eigenvalue weighted by molar-refractivity contribution is 6.76. The largest absolute Gasteiger partial charge is 0.474 e. The van der Waals surface area contributed by atoms with Crippen LogP contribution in [0.4, 0.5) is 0 Å². The van der Waals surface area contributed by atoms with Crippen LogP contribution in [0.15, 0.2) is 11.6 Å². The number of halogens is 5. The van der Waals surface area contributed by atoms with E-state index in [1.54, 1.807) is 6.08 Å². The molecule has 0 saturated heterocycles. The standard InChI is InChI=1S/C7H10Cl3NO.CH2Cl2/c1-5(2)3-4-12-6(11)7(8,9)10;2-1-3/h3,11H,4H2,1-2H3;1H2. The van der Waals surface area contributed by atoms with Crippen molar-refractivity contribution in [3.63, 3.8) is 0 Å². The van der Waals surface area contributed by atoms with Crippen LogP contribution in [0.3, 0.4) is 0 Å². The van der Waals surface area contributed by atoms with Crippen molar-refractivity contribution in [2.24, 2.45) is 0 Å². The number of nitrogens with one attached hydrogen (secondary N) is 1. The molecule has 7 heteroatoms. The maximum atomic E-state index is 7.14. The molecular formula is C8H12Cl5NO. The van der Waals surface area contributed by atoms with Crippen LogP contribution in [0, 0.1) is 5.41 Å². The molecular weight excluding hydrogens is 303 g/mol.